The van der Waals surface area contributed by atoms with E-state index in [2.05, 4.69) is 4.72 Å². The van der Waals surface area contributed by atoms with Gasteiger partial charge in [-0.3, -0.25) is 0 Å². The summed E-state index contributed by atoms with van der Waals surface area (Å²) < 4.78 is 54.0. The van der Waals surface area contributed by atoms with Crippen LogP contribution in [0.2, 0.25) is 0 Å². The van der Waals surface area contributed by atoms with E-state index in [9.17, 15) is 17.2 Å². The van der Waals surface area contributed by atoms with Crippen LogP contribution in [-0.2, 0) is 21.2 Å². The molecule has 1 saturated carbocycles. The Bertz CT molecular complexity index is 782. The third kappa shape index (κ3) is 3.59. The molecule has 0 saturated heterocycles. The SMILES string of the molecule is O=S(=O)(Cc1c(F)cccc1F)NCC1(c2ccccc2)CC1. The fraction of sp³-hybridized carbons (Fsp3) is 0.294. The van der Waals surface area contributed by atoms with Gasteiger partial charge >= 0.3 is 0 Å². The second kappa shape index (κ2) is 6.02. The predicted molar refractivity (Wildman–Crippen MR) is 84.3 cm³/mol. The van der Waals surface area contributed by atoms with Crippen LogP contribution in [0.15, 0.2) is 48.5 Å². The van der Waals surface area contributed by atoms with Crippen molar-refractivity contribution in [1.29, 1.82) is 0 Å². The van der Waals surface area contributed by atoms with Crippen LogP contribution in [0.5, 0.6) is 0 Å². The molecule has 0 unspecified atom stereocenters. The maximum atomic E-state index is 13.6. The molecule has 0 aliphatic heterocycles. The Morgan fingerprint density at radius 3 is 2.13 bits per heavy atom. The third-order valence-electron chi connectivity index (χ3n) is 4.27. The summed E-state index contributed by atoms with van der Waals surface area (Å²) in [5.41, 5.74) is 0.464. The van der Waals surface area contributed by atoms with Crippen molar-refractivity contribution in [2.24, 2.45) is 0 Å². The van der Waals surface area contributed by atoms with Crippen LogP contribution >= 0.6 is 0 Å². The Morgan fingerprint density at radius 2 is 1.57 bits per heavy atom. The molecular formula is C17H17F2NO2S. The maximum Gasteiger partial charge on any atom is 0.216 e. The normalized spacial score (nSPS) is 16.3. The van der Waals surface area contributed by atoms with Crippen LogP contribution in [0.1, 0.15) is 24.0 Å². The molecule has 3 rings (SSSR count). The molecule has 0 spiro atoms. The van der Waals surface area contributed by atoms with Gasteiger partial charge in [-0.15, -0.1) is 0 Å². The summed E-state index contributed by atoms with van der Waals surface area (Å²) in [6.07, 6.45) is 1.79. The Balaban J connectivity index is 1.71. The average Bonchev–Trinajstić information content (AvgIpc) is 3.32. The first-order chi connectivity index (χ1) is 10.9. The highest BCUT2D eigenvalue weighted by molar-refractivity contribution is 7.88. The number of hydrogen-bond donors (Lipinski definition) is 1. The van der Waals surface area contributed by atoms with Gasteiger partial charge in [0.25, 0.3) is 0 Å². The van der Waals surface area contributed by atoms with Crippen LogP contribution in [-0.4, -0.2) is 15.0 Å². The molecule has 2 aromatic rings. The van der Waals surface area contributed by atoms with E-state index in [1.807, 2.05) is 30.3 Å². The molecule has 0 radical (unpaired) electrons. The lowest BCUT2D eigenvalue weighted by Gasteiger charge is -2.17. The molecule has 1 aliphatic rings. The number of sulfonamides is 1. The zero-order valence-corrected chi connectivity index (χ0v) is 13.2. The molecule has 6 heteroatoms. The van der Waals surface area contributed by atoms with E-state index in [0.29, 0.717) is 0 Å². The lowest BCUT2D eigenvalue weighted by atomic mass is 9.96. The molecule has 122 valence electrons. The number of rotatable bonds is 6. The number of hydrogen-bond acceptors (Lipinski definition) is 2. The van der Waals surface area contributed by atoms with E-state index >= 15 is 0 Å². The second-order valence-electron chi connectivity index (χ2n) is 5.93. The Morgan fingerprint density at radius 1 is 0.957 bits per heavy atom. The summed E-state index contributed by atoms with van der Waals surface area (Å²) in [4.78, 5) is 0. The molecule has 23 heavy (non-hydrogen) atoms. The van der Waals surface area contributed by atoms with Gasteiger partial charge in [-0.05, 0) is 30.5 Å². The Kier molecular flexibility index (Phi) is 4.21. The summed E-state index contributed by atoms with van der Waals surface area (Å²) in [6, 6.07) is 13.0. The quantitative estimate of drug-likeness (QED) is 0.880. The summed E-state index contributed by atoms with van der Waals surface area (Å²) in [5.74, 6) is -2.39. The minimum absolute atomic E-state index is 0.192. The van der Waals surface area contributed by atoms with Gasteiger partial charge in [-0.2, -0.15) is 0 Å². The van der Waals surface area contributed by atoms with Gasteiger partial charge in [0.15, 0.2) is 0 Å². The van der Waals surface area contributed by atoms with Crippen molar-refractivity contribution < 1.29 is 17.2 Å². The van der Waals surface area contributed by atoms with E-state index in [4.69, 9.17) is 0 Å². The van der Waals surface area contributed by atoms with E-state index in [1.165, 1.54) is 6.07 Å². The van der Waals surface area contributed by atoms with Crippen molar-refractivity contribution in [3.8, 4) is 0 Å². The smallest absolute Gasteiger partial charge is 0.214 e. The first kappa shape index (κ1) is 16.1. The second-order valence-corrected chi connectivity index (χ2v) is 7.73. The third-order valence-corrected chi connectivity index (χ3v) is 5.52. The highest BCUT2D eigenvalue weighted by Gasteiger charge is 2.44. The topological polar surface area (TPSA) is 46.2 Å². The standard InChI is InChI=1S/C17H17F2NO2S/c18-15-7-4-8-16(19)14(15)11-23(21,22)20-12-17(9-10-17)13-5-2-1-3-6-13/h1-8,20H,9-12H2. The van der Waals surface area contributed by atoms with Crippen molar-refractivity contribution in [3.05, 3.63) is 71.3 Å². The largest absolute Gasteiger partial charge is 0.216 e. The molecule has 3 nitrogen and oxygen atoms in total. The van der Waals surface area contributed by atoms with Crippen LogP contribution in [0, 0.1) is 11.6 Å². The highest BCUT2D eigenvalue weighted by atomic mass is 32.2. The van der Waals surface area contributed by atoms with E-state index in [1.54, 1.807) is 0 Å². The maximum absolute atomic E-state index is 13.6. The van der Waals surface area contributed by atoms with Crippen molar-refractivity contribution in [1.82, 2.24) is 4.72 Å². The highest BCUT2D eigenvalue weighted by Crippen LogP contribution is 2.47. The molecular weight excluding hydrogens is 320 g/mol. The summed E-state index contributed by atoms with van der Waals surface area (Å²) in [7, 11) is -3.81. The monoisotopic (exact) mass is 337 g/mol. The van der Waals surface area contributed by atoms with Gasteiger partial charge in [0.05, 0.1) is 5.75 Å². The van der Waals surface area contributed by atoms with E-state index in [0.717, 1.165) is 30.5 Å². The molecule has 1 fully saturated rings. The van der Waals surface area contributed by atoms with E-state index in [-0.39, 0.29) is 12.0 Å². The fourth-order valence-corrected chi connectivity index (χ4v) is 3.92. The van der Waals surface area contributed by atoms with E-state index < -0.39 is 33.0 Å². The first-order valence-electron chi connectivity index (χ1n) is 7.38. The first-order valence-corrected chi connectivity index (χ1v) is 9.03. The van der Waals surface area contributed by atoms with Gasteiger partial charge < -0.3 is 0 Å². The predicted octanol–water partition coefficient (Wildman–Crippen LogP) is 3.12. The molecule has 0 atom stereocenters. The molecule has 0 aromatic heterocycles. The molecule has 0 bridgehead atoms. The zero-order chi connectivity index (χ0) is 16.5. The van der Waals surface area contributed by atoms with Gasteiger partial charge in [0.1, 0.15) is 11.6 Å². The van der Waals surface area contributed by atoms with Crippen molar-refractivity contribution in [3.63, 3.8) is 0 Å². The van der Waals surface area contributed by atoms with Crippen LogP contribution in [0.25, 0.3) is 0 Å². The van der Waals surface area contributed by atoms with Gasteiger partial charge in [-0.25, -0.2) is 21.9 Å². The lowest BCUT2D eigenvalue weighted by Crippen LogP contribution is -2.33. The van der Waals surface area contributed by atoms with Gasteiger partial charge in [0.2, 0.25) is 10.0 Å². The fourth-order valence-electron chi connectivity index (χ4n) is 2.67. The minimum atomic E-state index is -3.81. The number of halogens is 2. The number of benzene rings is 2. The Hall–Kier alpha value is -1.79. The average molecular weight is 337 g/mol. The molecule has 0 amide bonds. The van der Waals surface area contributed by atoms with Gasteiger partial charge in [0, 0.05) is 17.5 Å². The molecule has 2 aromatic carbocycles. The number of nitrogens with one attached hydrogen (secondary N) is 1. The summed E-state index contributed by atoms with van der Waals surface area (Å²) >= 11 is 0. The minimum Gasteiger partial charge on any atom is -0.214 e. The van der Waals surface area contributed by atoms with Crippen LogP contribution < -0.4 is 4.72 Å². The molecule has 1 aliphatic carbocycles. The van der Waals surface area contributed by atoms with Crippen molar-refractivity contribution in [2.45, 2.75) is 24.0 Å². The van der Waals surface area contributed by atoms with Crippen LogP contribution in [0.4, 0.5) is 8.78 Å². The zero-order valence-electron chi connectivity index (χ0n) is 12.4. The van der Waals surface area contributed by atoms with Crippen LogP contribution in [0.3, 0.4) is 0 Å². The molecule has 1 N–H and O–H groups in total. The summed E-state index contributed by atoms with van der Waals surface area (Å²) in [6.45, 7) is 0.245. The van der Waals surface area contributed by atoms with Crippen molar-refractivity contribution in [2.75, 3.05) is 6.54 Å². The molecule has 0 heterocycles. The summed E-state index contributed by atoms with van der Waals surface area (Å²) in [5, 5.41) is 0. The Labute approximate surface area is 134 Å². The van der Waals surface area contributed by atoms with Crippen molar-refractivity contribution >= 4 is 10.0 Å². The lowest BCUT2D eigenvalue weighted by molar-refractivity contribution is 0.546. The van der Waals surface area contributed by atoms with Gasteiger partial charge in [-0.1, -0.05) is 36.4 Å².